The van der Waals surface area contributed by atoms with E-state index in [2.05, 4.69) is 9.97 Å². The maximum Gasteiger partial charge on any atom is 0.216 e. The molecule has 0 aliphatic carbocycles. The van der Waals surface area contributed by atoms with E-state index in [9.17, 15) is 4.79 Å². The van der Waals surface area contributed by atoms with Crippen LogP contribution in [-0.2, 0) is 6.42 Å². The average molecular weight is 272 g/mol. The normalized spacial score (nSPS) is 10.2. The largest absolute Gasteiger partial charge is 0.496 e. The van der Waals surface area contributed by atoms with E-state index >= 15 is 0 Å². The molecule has 5 nitrogen and oxygen atoms in total. The average Bonchev–Trinajstić information content (AvgIpc) is 2.47. The second-order valence-electron chi connectivity index (χ2n) is 4.36. The standard InChI is InChI=1S/C15H16N2O3/c1-10-4-5-14(19-2)11(6-10)7-13(18)12-8-15(20-3)17-9-16-12/h4-6,8-9H,7H2,1-3H3. The lowest BCUT2D eigenvalue weighted by Gasteiger charge is -2.09. The number of rotatable bonds is 5. The lowest BCUT2D eigenvalue weighted by atomic mass is 10.0. The Hall–Kier alpha value is -2.43. The van der Waals surface area contributed by atoms with E-state index in [1.807, 2.05) is 25.1 Å². The molecule has 2 rings (SSSR count). The van der Waals surface area contributed by atoms with E-state index in [1.54, 1.807) is 7.11 Å². The summed E-state index contributed by atoms with van der Waals surface area (Å²) in [5.74, 6) is 0.971. The zero-order valence-corrected chi connectivity index (χ0v) is 11.7. The number of nitrogens with zero attached hydrogens (tertiary/aromatic N) is 2. The second-order valence-corrected chi connectivity index (χ2v) is 4.36. The number of methoxy groups -OCH3 is 2. The van der Waals surface area contributed by atoms with E-state index in [1.165, 1.54) is 19.5 Å². The van der Waals surface area contributed by atoms with Gasteiger partial charge in [0, 0.05) is 18.1 Å². The topological polar surface area (TPSA) is 61.3 Å². The first-order valence-corrected chi connectivity index (χ1v) is 6.16. The smallest absolute Gasteiger partial charge is 0.216 e. The van der Waals surface area contributed by atoms with Gasteiger partial charge >= 0.3 is 0 Å². The third-order valence-electron chi connectivity index (χ3n) is 2.92. The molecule has 5 heteroatoms. The molecular weight excluding hydrogens is 256 g/mol. The number of aromatic nitrogens is 2. The summed E-state index contributed by atoms with van der Waals surface area (Å²) in [5.41, 5.74) is 2.25. The molecule has 0 unspecified atom stereocenters. The quantitative estimate of drug-likeness (QED) is 0.781. The third kappa shape index (κ3) is 3.12. The van der Waals surface area contributed by atoms with Crippen LogP contribution in [0.5, 0.6) is 11.6 Å². The summed E-state index contributed by atoms with van der Waals surface area (Å²) in [6, 6.07) is 7.28. The zero-order valence-electron chi connectivity index (χ0n) is 11.7. The number of carbonyl (C=O) groups excluding carboxylic acids is 1. The Morgan fingerprint density at radius 2 is 1.95 bits per heavy atom. The Morgan fingerprint density at radius 3 is 2.65 bits per heavy atom. The van der Waals surface area contributed by atoms with Gasteiger partial charge in [-0.3, -0.25) is 4.79 Å². The molecule has 0 saturated heterocycles. The Bertz CT molecular complexity index is 626. The van der Waals surface area contributed by atoms with Gasteiger partial charge in [0.25, 0.3) is 0 Å². The third-order valence-corrected chi connectivity index (χ3v) is 2.92. The van der Waals surface area contributed by atoms with Crippen LogP contribution in [0.15, 0.2) is 30.6 Å². The van der Waals surface area contributed by atoms with Crippen LogP contribution in [-0.4, -0.2) is 30.0 Å². The van der Waals surface area contributed by atoms with Crippen molar-refractivity contribution in [3.05, 3.63) is 47.4 Å². The molecule has 104 valence electrons. The highest BCUT2D eigenvalue weighted by molar-refractivity contribution is 5.96. The molecule has 0 radical (unpaired) electrons. The van der Waals surface area contributed by atoms with Gasteiger partial charge in [-0.1, -0.05) is 17.7 Å². The predicted octanol–water partition coefficient (Wildman–Crippen LogP) is 2.23. The van der Waals surface area contributed by atoms with Gasteiger partial charge in [0.2, 0.25) is 5.88 Å². The summed E-state index contributed by atoms with van der Waals surface area (Å²) in [6.45, 7) is 1.97. The van der Waals surface area contributed by atoms with Gasteiger partial charge in [-0.15, -0.1) is 0 Å². The second kappa shape index (κ2) is 6.14. The SMILES string of the molecule is COc1cc(C(=O)Cc2cc(C)ccc2OC)ncn1. The van der Waals surface area contributed by atoms with Crippen LogP contribution < -0.4 is 9.47 Å². The first-order chi connectivity index (χ1) is 9.63. The molecule has 0 spiro atoms. The molecule has 1 aromatic carbocycles. The fourth-order valence-corrected chi connectivity index (χ4v) is 1.91. The minimum atomic E-state index is -0.102. The maximum absolute atomic E-state index is 12.3. The van der Waals surface area contributed by atoms with Gasteiger partial charge in [0.1, 0.15) is 17.8 Å². The highest BCUT2D eigenvalue weighted by atomic mass is 16.5. The van der Waals surface area contributed by atoms with Gasteiger partial charge in [0.15, 0.2) is 5.78 Å². The van der Waals surface area contributed by atoms with Crippen molar-refractivity contribution in [1.29, 1.82) is 0 Å². The van der Waals surface area contributed by atoms with Gasteiger partial charge in [-0.2, -0.15) is 0 Å². The van der Waals surface area contributed by atoms with Gasteiger partial charge in [-0.05, 0) is 13.0 Å². The Balaban J connectivity index is 2.25. The monoisotopic (exact) mass is 272 g/mol. The van der Waals surface area contributed by atoms with Crippen molar-refractivity contribution < 1.29 is 14.3 Å². The maximum atomic E-state index is 12.3. The van der Waals surface area contributed by atoms with Crippen molar-refractivity contribution in [2.24, 2.45) is 0 Å². The summed E-state index contributed by atoms with van der Waals surface area (Å²) in [7, 11) is 3.09. The number of hydrogen-bond acceptors (Lipinski definition) is 5. The van der Waals surface area contributed by atoms with Crippen molar-refractivity contribution in [2.75, 3.05) is 14.2 Å². The first-order valence-electron chi connectivity index (χ1n) is 6.16. The molecule has 1 heterocycles. The number of ketones is 1. The Kier molecular flexibility index (Phi) is 4.30. The van der Waals surface area contributed by atoms with Crippen molar-refractivity contribution in [2.45, 2.75) is 13.3 Å². The number of aryl methyl sites for hydroxylation is 1. The Morgan fingerprint density at radius 1 is 1.15 bits per heavy atom. The van der Waals surface area contributed by atoms with Gasteiger partial charge < -0.3 is 9.47 Å². The molecule has 2 aromatic rings. The number of ether oxygens (including phenoxy) is 2. The highest BCUT2D eigenvalue weighted by Crippen LogP contribution is 2.21. The summed E-state index contributed by atoms with van der Waals surface area (Å²) in [6.07, 6.45) is 1.55. The lowest BCUT2D eigenvalue weighted by molar-refractivity contribution is 0.0986. The van der Waals surface area contributed by atoms with Gasteiger partial charge in [0.05, 0.1) is 14.2 Å². The molecule has 0 fully saturated rings. The summed E-state index contributed by atoms with van der Waals surface area (Å²) < 4.78 is 10.3. The number of Topliss-reactive ketones (excluding diaryl/α,β-unsaturated/α-hetero) is 1. The summed E-state index contributed by atoms with van der Waals surface area (Å²) in [5, 5.41) is 0. The van der Waals surface area contributed by atoms with Crippen molar-refractivity contribution in [1.82, 2.24) is 9.97 Å². The predicted molar refractivity (Wildman–Crippen MR) is 74.3 cm³/mol. The fourth-order valence-electron chi connectivity index (χ4n) is 1.91. The van der Waals surface area contributed by atoms with Crippen LogP contribution in [0.25, 0.3) is 0 Å². The molecule has 0 amide bonds. The van der Waals surface area contributed by atoms with E-state index in [0.29, 0.717) is 17.3 Å². The zero-order chi connectivity index (χ0) is 14.5. The molecule has 20 heavy (non-hydrogen) atoms. The summed E-state index contributed by atoms with van der Waals surface area (Å²) >= 11 is 0. The van der Waals surface area contributed by atoms with E-state index in [0.717, 1.165) is 11.1 Å². The molecule has 0 saturated carbocycles. The molecule has 0 aliphatic heterocycles. The Labute approximate surface area is 117 Å². The highest BCUT2D eigenvalue weighted by Gasteiger charge is 2.13. The van der Waals surface area contributed by atoms with Gasteiger partial charge in [-0.25, -0.2) is 9.97 Å². The number of hydrogen-bond donors (Lipinski definition) is 0. The van der Waals surface area contributed by atoms with Crippen molar-refractivity contribution in [3.8, 4) is 11.6 Å². The minimum Gasteiger partial charge on any atom is -0.496 e. The summed E-state index contributed by atoms with van der Waals surface area (Å²) in [4.78, 5) is 20.1. The van der Waals surface area contributed by atoms with E-state index in [-0.39, 0.29) is 12.2 Å². The van der Waals surface area contributed by atoms with Crippen LogP contribution >= 0.6 is 0 Å². The van der Waals surface area contributed by atoms with Crippen LogP contribution in [0.4, 0.5) is 0 Å². The fraction of sp³-hybridized carbons (Fsp3) is 0.267. The number of benzene rings is 1. The molecule has 0 atom stereocenters. The van der Waals surface area contributed by atoms with Crippen LogP contribution in [0.1, 0.15) is 21.6 Å². The molecule has 0 N–H and O–H groups in total. The van der Waals surface area contributed by atoms with Crippen LogP contribution in [0.3, 0.4) is 0 Å². The molecule has 1 aromatic heterocycles. The molecule has 0 bridgehead atoms. The van der Waals surface area contributed by atoms with Crippen LogP contribution in [0, 0.1) is 6.92 Å². The van der Waals surface area contributed by atoms with E-state index in [4.69, 9.17) is 9.47 Å². The minimum absolute atomic E-state index is 0.102. The van der Waals surface area contributed by atoms with Crippen molar-refractivity contribution >= 4 is 5.78 Å². The molecular formula is C15H16N2O3. The van der Waals surface area contributed by atoms with E-state index < -0.39 is 0 Å². The lowest BCUT2D eigenvalue weighted by Crippen LogP contribution is -2.08. The van der Waals surface area contributed by atoms with Crippen molar-refractivity contribution in [3.63, 3.8) is 0 Å². The number of carbonyl (C=O) groups is 1. The molecule has 0 aliphatic rings. The van der Waals surface area contributed by atoms with Crippen LogP contribution in [0.2, 0.25) is 0 Å². The first kappa shape index (κ1) is 14.0.